The lowest BCUT2D eigenvalue weighted by molar-refractivity contribution is -0.152. The van der Waals surface area contributed by atoms with Gasteiger partial charge in [-0.3, -0.25) is 4.79 Å². The molecule has 0 spiro atoms. The molecule has 0 unspecified atom stereocenters. The molecule has 0 fully saturated rings. The zero-order valence-electron chi connectivity index (χ0n) is 12.7. The van der Waals surface area contributed by atoms with Crippen LogP contribution in [0.4, 0.5) is 5.69 Å². The monoisotopic (exact) mass is 280 g/mol. The standard InChI is InChI=1S/C15H24N2O3/c1-5-6-9-16-12-7-8-13(17-10-12)20-11-15(2,3)14(18)19-4/h7-8,10,16H,5-6,9,11H2,1-4H3. The van der Waals surface area contributed by atoms with Gasteiger partial charge in [0.2, 0.25) is 5.88 Å². The molecule has 1 aromatic heterocycles. The number of aromatic nitrogens is 1. The Balaban J connectivity index is 2.47. The molecule has 0 bridgehead atoms. The number of carbonyl (C=O) groups excluding carboxylic acids is 1. The van der Waals surface area contributed by atoms with Gasteiger partial charge in [-0.25, -0.2) is 4.98 Å². The van der Waals surface area contributed by atoms with E-state index >= 15 is 0 Å². The van der Waals surface area contributed by atoms with Crippen LogP contribution in [0, 0.1) is 5.41 Å². The first-order valence-electron chi connectivity index (χ1n) is 6.90. The minimum Gasteiger partial charge on any atom is -0.476 e. The molecule has 0 atom stereocenters. The zero-order valence-corrected chi connectivity index (χ0v) is 12.7. The summed E-state index contributed by atoms with van der Waals surface area (Å²) in [4.78, 5) is 15.7. The number of hydrogen-bond donors (Lipinski definition) is 1. The van der Waals surface area contributed by atoms with Crippen LogP contribution in [0.25, 0.3) is 0 Å². The minimum absolute atomic E-state index is 0.231. The molecule has 5 nitrogen and oxygen atoms in total. The lowest BCUT2D eigenvalue weighted by atomic mass is 9.95. The first-order chi connectivity index (χ1) is 9.49. The number of esters is 1. The second-order valence-electron chi connectivity index (χ2n) is 5.33. The van der Waals surface area contributed by atoms with E-state index in [9.17, 15) is 4.79 Å². The van der Waals surface area contributed by atoms with Gasteiger partial charge in [-0.1, -0.05) is 13.3 Å². The summed E-state index contributed by atoms with van der Waals surface area (Å²) in [7, 11) is 1.37. The average molecular weight is 280 g/mol. The van der Waals surface area contributed by atoms with E-state index in [-0.39, 0.29) is 12.6 Å². The van der Waals surface area contributed by atoms with Crippen molar-refractivity contribution in [2.75, 3.05) is 25.6 Å². The molecule has 0 saturated carbocycles. The van der Waals surface area contributed by atoms with E-state index in [0.717, 1.165) is 25.1 Å². The number of hydrogen-bond acceptors (Lipinski definition) is 5. The van der Waals surface area contributed by atoms with E-state index in [1.165, 1.54) is 7.11 Å². The first-order valence-corrected chi connectivity index (χ1v) is 6.90. The van der Waals surface area contributed by atoms with Gasteiger partial charge in [0.15, 0.2) is 0 Å². The molecular weight excluding hydrogens is 256 g/mol. The largest absolute Gasteiger partial charge is 0.476 e. The highest BCUT2D eigenvalue weighted by atomic mass is 16.5. The average Bonchev–Trinajstić information content (AvgIpc) is 2.46. The van der Waals surface area contributed by atoms with E-state index in [4.69, 9.17) is 9.47 Å². The lowest BCUT2D eigenvalue weighted by Crippen LogP contribution is -2.32. The third-order valence-corrected chi connectivity index (χ3v) is 2.91. The highest BCUT2D eigenvalue weighted by Crippen LogP contribution is 2.19. The van der Waals surface area contributed by atoms with Gasteiger partial charge in [-0.15, -0.1) is 0 Å². The topological polar surface area (TPSA) is 60.5 Å². The summed E-state index contributed by atoms with van der Waals surface area (Å²) in [6.45, 7) is 6.88. The van der Waals surface area contributed by atoms with Gasteiger partial charge in [0.1, 0.15) is 6.61 Å². The number of unbranched alkanes of at least 4 members (excludes halogenated alkanes) is 1. The van der Waals surface area contributed by atoms with Crippen LogP contribution in [0.1, 0.15) is 33.6 Å². The molecule has 0 aliphatic rings. The van der Waals surface area contributed by atoms with Crippen LogP contribution in [0.3, 0.4) is 0 Å². The van der Waals surface area contributed by atoms with Gasteiger partial charge >= 0.3 is 5.97 Å². The number of carbonyl (C=O) groups is 1. The Labute approximate surface area is 120 Å². The third-order valence-electron chi connectivity index (χ3n) is 2.91. The molecule has 1 aromatic rings. The predicted octanol–water partition coefficient (Wildman–Crippen LogP) is 2.87. The predicted molar refractivity (Wildman–Crippen MR) is 78.9 cm³/mol. The minimum atomic E-state index is -0.686. The summed E-state index contributed by atoms with van der Waals surface area (Å²) in [6, 6.07) is 3.71. The number of pyridine rings is 1. The molecule has 112 valence electrons. The molecule has 0 saturated heterocycles. The molecule has 0 radical (unpaired) electrons. The number of nitrogens with zero attached hydrogens (tertiary/aromatic N) is 1. The second kappa shape index (κ2) is 7.72. The Morgan fingerprint density at radius 1 is 1.40 bits per heavy atom. The number of anilines is 1. The molecule has 5 heteroatoms. The van der Waals surface area contributed by atoms with Gasteiger partial charge in [0.05, 0.1) is 24.4 Å². The number of ether oxygens (including phenoxy) is 2. The summed E-state index contributed by atoms with van der Waals surface area (Å²) in [5.41, 5.74) is 0.284. The number of rotatable bonds is 8. The maximum Gasteiger partial charge on any atom is 0.314 e. The van der Waals surface area contributed by atoms with Crippen molar-refractivity contribution in [1.82, 2.24) is 4.98 Å². The Kier molecular flexibility index (Phi) is 6.28. The molecule has 1 rings (SSSR count). The van der Waals surface area contributed by atoms with Crippen molar-refractivity contribution in [3.63, 3.8) is 0 Å². The van der Waals surface area contributed by atoms with Crippen molar-refractivity contribution in [2.45, 2.75) is 33.6 Å². The smallest absolute Gasteiger partial charge is 0.314 e. The quantitative estimate of drug-likeness (QED) is 0.586. The van der Waals surface area contributed by atoms with E-state index < -0.39 is 5.41 Å². The normalized spacial score (nSPS) is 11.0. The van der Waals surface area contributed by atoms with E-state index in [2.05, 4.69) is 17.2 Å². The fourth-order valence-corrected chi connectivity index (χ4v) is 1.57. The van der Waals surface area contributed by atoms with Crippen LogP contribution >= 0.6 is 0 Å². The van der Waals surface area contributed by atoms with E-state index in [1.54, 1.807) is 26.1 Å². The van der Waals surface area contributed by atoms with Crippen LogP contribution < -0.4 is 10.1 Å². The summed E-state index contributed by atoms with van der Waals surface area (Å²) in [5.74, 6) is 0.207. The molecule has 0 aliphatic heterocycles. The SMILES string of the molecule is CCCCNc1ccc(OCC(C)(C)C(=O)OC)nc1. The summed E-state index contributed by atoms with van der Waals surface area (Å²) < 4.78 is 10.3. The van der Waals surface area contributed by atoms with Gasteiger partial charge < -0.3 is 14.8 Å². The van der Waals surface area contributed by atoms with Gasteiger partial charge in [-0.2, -0.15) is 0 Å². The van der Waals surface area contributed by atoms with Gasteiger partial charge in [0.25, 0.3) is 0 Å². The Bertz CT molecular complexity index is 416. The van der Waals surface area contributed by atoms with Gasteiger partial charge in [0, 0.05) is 12.6 Å². The molecule has 0 aliphatic carbocycles. The summed E-state index contributed by atoms with van der Waals surface area (Å²) in [5, 5.41) is 3.28. The Morgan fingerprint density at radius 3 is 2.70 bits per heavy atom. The molecule has 0 amide bonds. The van der Waals surface area contributed by atoms with Crippen molar-refractivity contribution < 1.29 is 14.3 Å². The van der Waals surface area contributed by atoms with Crippen LogP contribution in [0.5, 0.6) is 5.88 Å². The first kappa shape index (κ1) is 16.3. The molecule has 1 heterocycles. The van der Waals surface area contributed by atoms with Crippen LogP contribution in [0.15, 0.2) is 18.3 Å². The van der Waals surface area contributed by atoms with Crippen molar-refractivity contribution in [2.24, 2.45) is 5.41 Å². The summed E-state index contributed by atoms with van der Waals surface area (Å²) >= 11 is 0. The highest BCUT2D eigenvalue weighted by molar-refractivity contribution is 5.75. The maximum atomic E-state index is 11.5. The van der Waals surface area contributed by atoms with Crippen molar-refractivity contribution >= 4 is 11.7 Å². The second-order valence-corrected chi connectivity index (χ2v) is 5.33. The molecular formula is C15H24N2O3. The van der Waals surface area contributed by atoms with E-state index in [1.807, 2.05) is 6.07 Å². The fraction of sp³-hybridized carbons (Fsp3) is 0.600. The maximum absolute atomic E-state index is 11.5. The van der Waals surface area contributed by atoms with Crippen molar-refractivity contribution in [3.8, 4) is 5.88 Å². The van der Waals surface area contributed by atoms with Crippen LogP contribution in [0.2, 0.25) is 0 Å². The Hall–Kier alpha value is -1.78. The van der Waals surface area contributed by atoms with E-state index in [0.29, 0.717) is 5.88 Å². The molecule has 20 heavy (non-hydrogen) atoms. The van der Waals surface area contributed by atoms with Crippen molar-refractivity contribution in [3.05, 3.63) is 18.3 Å². The molecule has 0 aromatic carbocycles. The lowest BCUT2D eigenvalue weighted by Gasteiger charge is -2.21. The third kappa shape index (κ3) is 5.07. The number of methoxy groups -OCH3 is 1. The van der Waals surface area contributed by atoms with Crippen LogP contribution in [-0.2, 0) is 9.53 Å². The van der Waals surface area contributed by atoms with Crippen molar-refractivity contribution in [1.29, 1.82) is 0 Å². The Morgan fingerprint density at radius 2 is 2.15 bits per heavy atom. The highest BCUT2D eigenvalue weighted by Gasteiger charge is 2.29. The summed E-state index contributed by atoms with van der Waals surface area (Å²) in [6.07, 6.45) is 4.02. The number of nitrogens with one attached hydrogen (secondary N) is 1. The fourth-order valence-electron chi connectivity index (χ4n) is 1.57. The van der Waals surface area contributed by atoms with Crippen LogP contribution in [-0.4, -0.2) is 31.2 Å². The zero-order chi connectivity index (χ0) is 15.0. The molecule has 1 N–H and O–H groups in total. The van der Waals surface area contributed by atoms with Gasteiger partial charge in [-0.05, 0) is 26.3 Å².